The molecular formula is C14H19N3O2. The Bertz CT molecular complexity index is 563. The van der Waals surface area contributed by atoms with E-state index in [0.717, 1.165) is 23.9 Å². The van der Waals surface area contributed by atoms with Crippen molar-refractivity contribution in [3.63, 3.8) is 0 Å². The Hall–Kier alpha value is -2.04. The molecule has 0 radical (unpaired) electrons. The van der Waals surface area contributed by atoms with E-state index in [9.17, 15) is 4.79 Å². The van der Waals surface area contributed by atoms with Crippen molar-refractivity contribution in [2.45, 2.75) is 26.3 Å². The second-order valence-corrected chi connectivity index (χ2v) is 4.33. The molecule has 0 aliphatic heterocycles. The number of carbonyl (C=O) groups is 1. The number of fused-ring (bicyclic) bond motifs is 1. The molecule has 5 nitrogen and oxygen atoms in total. The monoisotopic (exact) mass is 261 g/mol. The molecule has 1 aromatic carbocycles. The summed E-state index contributed by atoms with van der Waals surface area (Å²) >= 11 is 0. The van der Waals surface area contributed by atoms with Gasteiger partial charge in [0.2, 0.25) is 5.95 Å². The molecule has 1 aromatic heterocycles. The third-order valence-corrected chi connectivity index (χ3v) is 2.93. The largest absolute Gasteiger partial charge is 0.464 e. The lowest BCUT2D eigenvalue weighted by Gasteiger charge is -2.08. The van der Waals surface area contributed by atoms with Gasteiger partial charge in [-0.1, -0.05) is 25.5 Å². The fraction of sp³-hybridized carbons (Fsp3) is 0.429. The fourth-order valence-corrected chi connectivity index (χ4v) is 1.93. The van der Waals surface area contributed by atoms with Crippen LogP contribution in [-0.4, -0.2) is 29.2 Å². The molecule has 5 heteroatoms. The summed E-state index contributed by atoms with van der Waals surface area (Å²) in [7, 11) is 1.79. The van der Waals surface area contributed by atoms with E-state index in [1.165, 1.54) is 0 Å². The summed E-state index contributed by atoms with van der Waals surface area (Å²) in [5, 5.41) is 3.00. The third kappa shape index (κ3) is 3.05. The summed E-state index contributed by atoms with van der Waals surface area (Å²) in [4.78, 5) is 16.2. The van der Waals surface area contributed by atoms with Crippen LogP contribution in [0.2, 0.25) is 0 Å². The van der Waals surface area contributed by atoms with Gasteiger partial charge in [0.05, 0.1) is 17.6 Å². The van der Waals surface area contributed by atoms with Gasteiger partial charge in [-0.3, -0.25) is 9.36 Å². The van der Waals surface area contributed by atoms with Gasteiger partial charge in [0.15, 0.2) is 0 Å². The maximum absolute atomic E-state index is 11.8. The first-order valence-corrected chi connectivity index (χ1v) is 6.55. The highest BCUT2D eigenvalue weighted by molar-refractivity contribution is 5.81. The maximum Gasteiger partial charge on any atom is 0.326 e. The number of benzene rings is 1. The van der Waals surface area contributed by atoms with Crippen molar-refractivity contribution < 1.29 is 9.53 Å². The zero-order chi connectivity index (χ0) is 13.7. The van der Waals surface area contributed by atoms with Gasteiger partial charge in [0.1, 0.15) is 6.54 Å². The van der Waals surface area contributed by atoms with Crippen LogP contribution < -0.4 is 5.32 Å². The van der Waals surface area contributed by atoms with Crippen molar-refractivity contribution in [2.24, 2.45) is 0 Å². The number of hydrogen-bond donors (Lipinski definition) is 1. The molecule has 19 heavy (non-hydrogen) atoms. The number of ether oxygens (including phenoxy) is 1. The molecule has 102 valence electrons. The summed E-state index contributed by atoms with van der Waals surface area (Å²) in [5.74, 6) is 0.446. The molecule has 0 bridgehead atoms. The number of aromatic nitrogens is 2. The van der Waals surface area contributed by atoms with E-state index in [1.807, 2.05) is 28.8 Å². The van der Waals surface area contributed by atoms with Gasteiger partial charge in [-0.25, -0.2) is 4.98 Å². The Labute approximate surface area is 112 Å². The summed E-state index contributed by atoms with van der Waals surface area (Å²) in [6.45, 7) is 2.73. The van der Waals surface area contributed by atoms with E-state index in [-0.39, 0.29) is 12.5 Å². The van der Waals surface area contributed by atoms with E-state index in [1.54, 1.807) is 7.05 Å². The number of rotatable bonds is 6. The van der Waals surface area contributed by atoms with E-state index < -0.39 is 0 Å². The quantitative estimate of drug-likeness (QED) is 0.641. The minimum absolute atomic E-state index is 0.181. The van der Waals surface area contributed by atoms with Crippen molar-refractivity contribution in [2.75, 3.05) is 19.0 Å². The number of hydrogen-bond acceptors (Lipinski definition) is 4. The molecule has 0 fully saturated rings. The Balaban J connectivity index is 2.16. The van der Waals surface area contributed by atoms with Crippen molar-refractivity contribution in [3.05, 3.63) is 24.3 Å². The lowest BCUT2D eigenvalue weighted by atomic mass is 10.3. The zero-order valence-corrected chi connectivity index (χ0v) is 11.3. The maximum atomic E-state index is 11.8. The average molecular weight is 261 g/mol. The van der Waals surface area contributed by atoms with Crippen LogP contribution in [0.5, 0.6) is 0 Å². The first-order valence-electron chi connectivity index (χ1n) is 6.55. The van der Waals surface area contributed by atoms with Gasteiger partial charge in [0.25, 0.3) is 0 Å². The second kappa shape index (κ2) is 6.22. The van der Waals surface area contributed by atoms with Crippen LogP contribution in [0, 0.1) is 0 Å². The number of carbonyl (C=O) groups excluding carboxylic acids is 1. The van der Waals surface area contributed by atoms with E-state index in [4.69, 9.17) is 4.74 Å². The summed E-state index contributed by atoms with van der Waals surface area (Å²) in [6, 6.07) is 7.73. The number of anilines is 1. The third-order valence-electron chi connectivity index (χ3n) is 2.93. The highest BCUT2D eigenvalue weighted by Gasteiger charge is 2.12. The van der Waals surface area contributed by atoms with Crippen LogP contribution in [0.4, 0.5) is 5.95 Å². The Morgan fingerprint density at radius 2 is 2.21 bits per heavy atom. The predicted molar refractivity (Wildman–Crippen MR) is 75.1 cm³/mol. The average Bonchev–Trinajstić information content (AvgIpc) is 2.77. The van der Waals surface area contributed by atoms with Crippen molar-refractivity contribution in [1.82, 2.24) is 9.55 Å². The zero-order valence-electron chi connectivity index (χ0n) is 11.3. The Kier molecular flexibility index (Phi) is 4.39. The van der Waals surface area contributed by atoms with E-state index >= 15 is 0 Å². The SMILES string of the molecule is CCCCOC(=O)Cn1c(NC)nc2ccccc21. The molecule has 1 N–H and O–H groups in total. The highest BCUT2D eigenvalue weighted by Crippen LogP contribution is 2.19. The van der Waals surface area contributed by atoms with Gasteiger partial charge >= 0.3 is 5.97 Å². The summed E-state index contributed by atoms with van der Waals surface area (Å²) in [6.07, 6.45) is 1.92. The van der Waals surface area contributed by atoms with Crippen molar-refractivity contribution >= 4 is 23.0 Å². The lowest BCUT2D eigenvalue weighted by molar-refractivity contribution is -0.144. The van der Waals surface area contributed by atoms with Gasteiger partial charge in [-0.05, 0) is 18.6 Å². The molecule has 0 spiro atoms. The molecule has 0 aliphatic rings. The molecule has 0 unspecified atom stereocenters. The minimum Gasteiger partial charge on any atom is -0.464 e. The van der Waals surface area contributed by atoms with Gasteiger partial charge in [-0.2, -0.15) is 0 Å². The number of imidazole rings is 1. The topological polar surface area (TPSA) is 56.1 Å². The molecule has 0 amide bonds. The highest BCUT2D eigenvalue weighted by atomic mass is 16.5. The van der Waals surface area contributed by atoms with Crippen LogP contribution >= 0.6 is 0 Å². The van der Waals surface area contributed by atoms with E-state index in [2.05, 4.69) is 17.2 Å². The summed E-state index contributed by atoms with van der Waals surface area (Å²) in [5.41, 5.74) is 1.80. The van der Waals surface area contributed by atoms with E-state index in [0.29, 0.717) is 12.6 Å². The first kappa shape index (κ1) is 13.4. The molecule has 0 saturated carbocycles. The van der Waals surface area contributed by atoms with Crippen molar-refractivity contribution in [1.29, 1.82) is 0 Å². The number of nitrogens with one attached hydrogen (secondary N) is 1. The number of esters is 1. The summed E-state index contributed by atoms with van der Waals surface area (Å²) < 4.78 is 7.03. The smallest absolute Gasteiger partial charge is 0.326 e. The molecule has 2 rings (SSSR count). The van der Waals surface area contributed by atoms with Gasteiger partial charge < -0.3 is 10.1 Å². The molecule has 0 saturated heterocycles. The Morgan fingerprint density at radius 1 is 1.42 bits per heavy atom. The number of unbranched alkanes of at least 4 members (excludes halogenated alkanes) is 1. The number of nitrogens with zero attached hydrogens (tertiary/aromatic N) is 2. The number of para-hydroxylation sites is 2. The minimum atomic E-state index is -0.229. The van der Waals surface area contributed by atoms with Crippen LogP contribution in [-0.2, 0) is 16.1 Å². The molecule has 1 heterocycles. The standard InChI is InChI=1S/C14H19N3O2/c1-3-4-9-19-13(18)10-17-12-8-6-5-7-11(12)16-14(17)15-2/h5-8H,3-4,9-10H2,1-2H3,(H,15,16). The lowest BCUT2D eigenvalue weighted by Crippen LogP contribution is -2.15. The molecule has 2 aromatic rings. The van der Waals surface area contributed by atoms with Gasteiger partial charge in [0, 0.05) is 7.05 Å². The van der Waals surface area contributed by atoms with Crippen molar-refractivity contribution in [3.8, 4) is 0 Å². The normalized spacial score (nSPS) is 10.6. The fourth-order valence-electron chi connectivity index (χ4n) is 1.93. The van der Waals surface area contributed by atoms with Crippen LogP contribution in [0.1, 0.15) is 19.8 Å². The molecular weight excluding hydrogens is 242 g/mol. The van der Waals surface area contributed by atoms with Crippen LogP contribution in [0.15, 0.2) is 24.3 Å². The predicted octanol–water partition coefficient (Wildman–Crippen LogP) is 2.42. The first-order chi connectivity index (χ1) is 9.26. The van der Waals surface area contributed by atoms with Crippen LogP contribution in [0.3, 0.4) is 0 Å². The van der Waals surface area contributed by atoms with Crippen LogP contribution in [0.25, 0.3) is 11.0 Å². The van der Waals surface area contributed by atoms with Gasteiger partial charge in [-0.15, -0.1) is 0 Å². The Morgan fingerprint density at radius 3 is 2.95 bits per heavy atom. The molecule has 0 atom stereocenters. The second-order valence-electron chi connectivity index (χ2n) is 4.33. The molecule has 0 aliphatic carbocycles.